The Bertz CT molecular complexity index is 224. The molecule has 0 fully saturated rings. The van der Waals surface area contributed by atoms with Gasteiger partial charge in [0.15, 0.2) is 0 Å². The van der Waals surface area contributed by atoms with E-state index >= 15 is 0 Å². The molecule has 118 valence electrons. The quantitative estimate of drug-likeness (QED) is 0.214. The van der Waals surface area contributed by atoms with Crippen molar-refractivity contribution in [1.82, 2.24) is 0 Å². The maximum Gasteiger partial charge on any atom is -0.0285 e. The van der Waals surface area contributed by atoms with Crippen LogP contribution in [-0.2, 0) is 0 Å². The van der Waals surface area contributed by atoms with Gasteiger partial charge in [0.25, 0.3) is 0 Å². The van der Waals surface area contributed by atoms with Crippen LogP contribution in [0.3, 0.4) is 0 Å². The van der Waals surface area contributed by atoms with E-state index in [1.807, 2.05) is 0 Å². The molecule has 0 heterocycles. The lowest BCUT2D eigenvalue weighted by Crippen LogP contribution is -1.81. The summed E-state index contributed by atoms with van der Waals surface area (Å²) in [5.74, 6) is 0. The van der Waals surface area contributed by atoms with Gasteiger partial charge < -0.3 is 0 Å². The summed E-state index contributed by atoms with van der Waals surface area (Å²) in [4.78, 5) is 0. The molecule has 0 amide bonds. The zero-order chi connectivity index (χ0) is 14.9. The normalized spacial score (nSPS) is 11.3. The van der Waals surface area contributed by atoms with Crippen molar-refractivity contribution < 1.29 is 0 Å². The van der Waals surface area contributed by atoms with Crippen LogP contribution in [0.15, 0.2) is 24.3 Å². The second-order valence-electron chi connectivity index (χ2n) is 6.13. The molecule has 0 aromatic rings. The Morgan fingerprint density at radius 1 is 0.700 bits per heavy atom. The zero-order valence-electron chi connectivity index (χ0n) is 14.3. The SMILES string of the molecule is C=C(C=CCCCCCCCCCC)CCCCCC. The molecule has 0 radical (unpaired) electrons. The zero-order valence-corrected chi connectivity index (χ0v) is 14.3. The molecule has 0 nitrogen and oxygen atoms in total. The van der Waals surface area contributed by atoms with Crippen molar-refractivity contribution in [3.63, 3.8) is 0 Å². The lowest BCUT2D eigenvalue weighted by Gasteiger charge is -2.01. The monoisotopic (exact) mass is 278 g/mol. The summed E-state index contributed by atoms with van der Waals surface area (Å²) < 4.78 is 0. The van der Waals surface area contributed by atoms with Crippen LogP contribution in [0.4, 0.5) is 0 Å². The van der Waals surface area contributed by atoms with Gasteiger partial charge in [-0.1, -0.05) is 102 Å². The average Bonchev–Trinajstić information content (AvgIpc) is 2.45. The molecule has 0 aliphatic carbocycles. The van der Waals surface area contributed by atoms with Crippen molar-refractivity contribution >= 4 is 0 Å². The van der Waals surface area contributed by atoms with Gasteiger partial charge in [0.05, 0.1) is 0 Å². The molecule has 0 bridgehead atoms. The van der Waals surface area contributed by atoms with Crippen LogP contribution >= 0.6 is 0 Å². The Kier molecular flexibility index (Phi) is 16.1. The topological polar surface area (TPSA) is 0 Å². The van der Waals surface area contributed by atoms with Gasteiger partial charge in [0.1, 0.15) is 0 Å². The highest BCUT2D eigenvalue weighted by Gasteiger charge is 1.92. The maximum absolute atomic E-state index is 4.14. The molecule has 0 aromatic heterocycles. The molecule has 0 unspecified atom stereocenters. The van der Waals surface area contributed by atoms with Gasteiger partial charge in [-0.2, -0.15) is 0 Å². The first-order chi connectivity index (χ1) is 9.81. The van der Waals surface area contributed by atoms with Crippen LogP contribution in [-0.4, -0.2) is 0 Å². The van der Waals surface area contributed by atoms with E-state index in [2.05, 4.69) is 32.6 Å². The first-order valence-electron chi connectivity index (χ1n) is 9.15. The molecular formula is C20H38. The van der Waals surface area contributed by atoms with Gasteiger partial charge in [-0.15, -0.1) is 0 Å². The molecule has 0 spiro atoms. The highest BCUT2D eigenvalue weighted by Crippen LogP contribution is 2.12. The first kappa shape index (κ1) is 19.5. The molecule has 0 saturated carbocycles. The summed E-state index contributed by atoms with van der Waals surface area (Å²) >= 11 is 0. The minimum absolute atomic E-state index is 1.19. The van der Waals surface area contributed by atoms with Gasteiger partial charge in [-0.05, 0) is 25.7 Å². The molecule has 0 rings (SSSR count). The van der Waals surface area contributed by atoms with Crippen molar-refractivity contribution in [1.29, 1.82) is 0 Å². The fourth-order valence-electron chi connectivity index (χ4n) is 2.51. The van der Waals surface area contributed by atoms with Crippen LogP contribution in [0.2, 0.25) is 0 Å². The highest BCUT2D eigenvalue weighted by atomic mass is 14.0. The van der Waals surface area contributed by atoms with Crippen LogP contribution in [0.25, 0.3) is 0 Å². The third-order valence-corrected chi connectivity index (χ3v) is 3.93. The Balaban J connectivity index is 3.23. The molecule has 0 heteroatoms. The lowest BCUT2D eigenvalue weighted by atomic mass is 10.1. The Labute approximate surface area is 128 Å². The van der Waals surface area contributed by atoms with Gasteiger partial charge >= 0.3 is 0 Å². The summed E-state index contributed by atoms with van der Waals surface area (Å²) in [5, 5.41) is 0. The second-order valence-corrected chi connectivity index (χ2v) is 6.13. The standard InChI is InChI=1S/C20H38/c1-4-6-8-10-11-12-13-14-15-17-19-20(3)18-16-9-7-5-2/h17,19H,3-16,18H2,1-2H3. The predicted molar refractivity (Wildman–Crippen MR) is 94.3 cm³/mol. The molecule has 0 N–H and O–H groups in total. The van der Waals surface area contributed by atoms with Crippen LogP contribution in [0.1, 0.15) is 104 Å². The third kappa shape index (κ3) is 15.5. The van der Waals surface area contributed by atoms with Crippen molar-refractivity contribution in [2.24, 2.45) is 0 Å². The van der Waals surface area contributed by atoms with Crippen LogP contribution < -0.4 is 0 Å². The van der Waals surface area contributed by atoms with E-state index < -0.39 is 0 Å². The minimum Gasteiger partial charge on any atom is -0.0958 e. The Morgan fingerprint density at radius 2 is 1.20 bits per heavy atom. The van der Waals surface area contributed by atoms with Gasteiger partial charge in [0.2, 0.25) is 0 Å². The third-order valence-electron chi connectivity index (χ3n) is 3.93. The molecule has 0 aliphatic rings. The van der Waals surface area contributed by atoms with Crippen molar-refractivity contribution in [3.8, 4) is 0 Å². The summed E-state index contributed by atoms with van der Waals surface area (Å²) in [6.07, 6.45) is 23.7. The Hall–Kier alpha value is -0.520. The molecular weight excluding hydrogens is 240 g/mol. The number of rotatable bonds is 15. The summed E-state index contributed by atoms with van der Waals surface area (Å²) in [5.41, 5.74) is 1.32. The van der Waals surface area contributed by atoms with Crippen LogP contribution in [0, 0.1) is 0 Å². The lowest BCUT2D eigenvalue weighted by molar-refractivity contribution is 0.577. The molecule has 0 atom stereocenters. The van der Waals surface area contributed by atoms with E-state index in [0.717, 1.165) is 0 Å². The summed E-state index contributed by atoms with van der Waals surface area (Å²) in [6.45, 7) is 8.69. The van der Waals surface area contributed by atoms with E-state index in [-0.39, 0.29) is 0 Å². The highest BCUT2D eigenvalue weighted by molar-refractivity contribution is 5.13. The van der Waals surface area contributed by atoms with Crippen molar-refractivity contribution in [2.75, 3.05) is 0 Å². The van der Waals surface area contributed by atoms with E-state index in [1.54, 1.807) is 0 Å². The summed E-state index contributed by atoms with van der Waals surface area (Å²) in [6, 6.07) is 0. The molecule has 20 heavy (non-hydrogen) atoms. The first-order valence-corrected chi connectivity index (χ1v) is 9.15. The van der Waals surface area contributed by atoms with E-state index in [4.69, 9.17) is 0 Å². The fourth-order valence-corrected chi connectivity index (χ4v) is 2.51. The largest absolute Gasteiger partial charge is 0.0958 e. The van der Waals surface area contributed by atoms with E-state index in [0.29, 0.717) is 0 Å². The van der Waals surface area contributed by atoms with Crippen LogP contribution in [0.5, 0.6) is 0 Å². The summed E-state index contributed by atoms with van der Waals surface area (Å²) in [7, 11) is 0. The molecule has 0 aromatic carbocycles. The van der Waals surface area contributed by atoms with Gasteiger partial charge in [-0.3, -0.25) is 0 Å². The predicted octanol–water partition coefficient (Wildman–Crippen LogP) is 7.60. The number of hydrogen-bond donors (Lipinski definition) is 0. The van der Waals surface area contributed by atoms with Crippen molar-refractivity contribution in [2.45, 2.75) is 104 Å². The smallest absolute Gasteiger partial charge is 0.0285 e. The number of hydrogen-bond acceptors (Lipinski definition) is 0. The Morgan fingerprint density at radius 3 is 1.80 bits per heavy atom. The maximum atomic E-state index is 4.14. The second kappa shape index (κ2) is 16.5. The minimum atomic E-state index is 1.19. The molecule has 0 aliphatic heterocycles. The average molecular weight is 279 g/mol. The van der Waals surface area contributed by atoms with E-state index in [1.165, 1.54) is 95.5 Å². The van der Waals surface area contributed by atoms with Gasteiger partial charge in [-0.25, -0.2) is 0 Å². The van der Waals surface area contributed by atoms with Crippen molar-refractivity contribution in [3.05, 3.63) is 24.3 Å². The van der Waals surface area contributed by atoms with Gasteiger partial charge in [0, 0.05) is 0 Å². The van der Waals surface area contributed by atoms with E-state index in [9.17, 15) is 0 Å². The fraction of sp³-hybridized carbons (Fsp3) is 0.800. The molecule has 0 saturated heterocycles. The number of allylic oxidation sites excluding steroid dienone is 3. The number of unbranched alkanes of at least 4 members (excludes halogenated alkanes) is 11.